The number of ether oxygens (including phenoxy) is 2. The Kier molecular flexibility index (Phi) is 2.39. The van der Waals surface area contributed by atoms with Gasteiger partial charge in [0.1, 0.15) is 0 Å². The minimum absolute atomic E-state index is 0.0942. The SMILES string of the molecule is Cc1cc2c(cc1C(=O)C(C)(C)N)OCO2. The third-order valence-electron chi connectivity index (χ3n) is 2.55. The van der Waals surface area contributed by atoms with Gasteiger partial charge < -0.3 is 15.2 Å². The molecule has 1 aliphatic rings. The number of carbonyl (C=O) groups is 1. The number of Topliss-reactive ketones (excluding diaryl/α,β-unsaturated/α-hetero) is 1. The Morgan fingerprint density at radius 3 is 2.44 bits per heavy atom. The van der Waals surface area contributed by atoms with Gasteiger partial charge in [0.25, 0.3) is 0 Å². The van der Waals surface area contributed by atoms with E-state index in [-0.39, 0.29) is 12.6 Å². The second-order valence-electron chi connectivity index (χ2n) is 4.57. The molecular formula is C12H15NO3. The van der Waals surface area contributed by atoms with Gasteiger partial charge in [-0.3, -0.25) is 4.79 Å². The Bertz CT molecular complexity index is 446. The molecule has 0 aromatic heterocycles. The van der Waals surface area contributed by atoms with Crippen molar-refractivity contribution in [3.8, 4) is 11.5 Å². The average Bonchev–Trinajstić information content (AvgIpc) is 2.60. The number of hydrogen-bond acceptors (Lipinski definition) is 4. The molecule has 4 nitrogen and oxygen atoms in total. The summed E-state index contributed by atoms with van der Waals surface area (Å²) in [6.07, 6.45) is 0. The summed E-state index contributed by atoms with van der Waals surface area (Å²) in [6.45, 7) is 5.46. The number of benzene rings is 1. The van der Waals surface area contributed by atoms with Crippen molar-refractivity contribution in [3.05, 3.63) is 23.3 Å². The number of rotatable bonds is 2. The molecule has 0 spiro atoms. The molecule has 0 bridgehead atoms. The first-order chi connectivity index (χ1) is 7.39. The van der Waals surface area contributed by atoms with Crippen molar-refractivity contribution in [3.63, 3.8) is 0 Å². The molecule has 0 aliphatic carbocycles. The molecule has 1 aliphatic heterocycles. The quantitative estimate of drug-likeness (QED) is 0.771. The van der Waals surface area contributed by atoms with Crippen molar-refractivity contribution < 1.29 is 14.3 Å². The lowest BCUT2D eigenvalue weighted by molar-refractivity contribution is 0.0912. The monoisotopic (exact) mass is 221 g/mol. The Labute approximate surface area is 94.3 Å². The second-order valence-corrected chi connectivity index (χ2v) is 4.57. The zero-order valence-corrected chi connectivity index (χ0v) is 9.66. The fourth-order valence-corrected chi connectivity index (χ4v) is 1.64. The van der Waals surface area contributed by atoms with Crippen molar-refractivity contribution in [1.82, 2.24) is 0 Å². The number of fused-ring (bicyclic) bond motifs is 1. The van der Waals surface area contributed by atoms with E-state index in [0.29, 0.717) is 17.1 Å². The first kappa shape index (κ1) is 11.0. The highest BCUT2D eigenvalue weighted by Gasteiger charge is 2.27. The topological polar surface area (TPSA) is 61.6 Å². The molecule has 86 valence electrons. The van der Waals surface area contributed by atoms with Crippen LogP contribution in [0.1, 0.15) is 29.8 Å². The van der Waals surface area contributed by atoms with E-state index in [2.05, 4.69) is 0 Å². The number of aryl methyl sites for hydroxylation is 1. The molecule has 0 unspecified atom stereocenters. The van der Waals surface area contributed by atoms with E-state index >= 15 is 0 Å². The third kappa shape index (κ3) is 1.76. The maximum absolute atomic E-state index is 12.1. The van der Waals surface area contributed by atoms with Crippen molar-refractivity contribution in [2.24, 2.45) is 5.73 Å². The zero-order chi connectivity index (χ0) is 11.9. The summed E-state index contributed by atoms with van der Waals surface area (Å²) in [5, 5.41) is 0. The standard InChI is InChI=1S/C12H15NO3/c1-7-4-9-10(16-6-15-9)5-8(7)11(14)12(2,3)13/h4-5H,6,13H2,1-3H3. The van der Waals surface area contributed by atoms with Gasteiger partial charge in [-0.1, -0.05) is 0 Å². The lowest BCUT2D eigenvalue weighted by Gasteiger charge is -2.18. The van der Waals surface area contributed by atoms with E-state index in [4.69, 9.17) is 15.2 Å². The molecule has 0 amide bonds. The highest BCUT2D eigenvalue weighted by Crippen LogP contribution is 2.35. The van der Waals surface area contributed by atoms with Gasteiger partial charge in [0.2, 0.25) is 6.79 Å². The van der Waals surface area contributed by atoms with Gasteiger partial charge in [-0.2, -0.15) is 0 Å². The zero-order valence-electron chi connectivity index (χ0n) is 9.66. The van der Waals surface area contributed by atoms with E-state index in [1.54, 1.807) is 26.0 Å². The van der Waals surface area contributed by atoms with Gasteiger partial charge in [0.05, 0.1) is 5.54 Å². The van der Waals surface area contributed by atoms with Crippen LogP contribution in [0.25, 0.3) is 0 Å². The maximum atomic E-state index is 12.1. The van der Waals surface area contributed by atoms with Gasteiger partial charge in [0, 0.05) is 5.56 Å². The summed E-state index contributed by atoms with van der Waals surface area (Å²) < 4.78 is 10.5. The van der Waals surface area contributed by atoms with Crippen LogP contribution in [0.2, 0.25) is 0 Å². The second kappa shape index (κ2) is 3.49. The van der Waals surface area contributed by atoms with Crippen LogP contribution in [0.5, 0.6) is 11.5 Å². The molecule has 0 fully saturated rings. The minimum Gasteiger partial charge on any atom is -0.454 e. The van der Waals surface area contributed by atoms with Crippen LogP contribution in [0, 0.1) is 6.92 Å². The van der Waals surface area contributed by atoms with Gasteiger partial charge in [-0.25, -0.2) is 0 Å². The Morgan fingerprint density at radius 2 is 1.88 bits per heavy atom. The molecule has 4 heteroatoms. The molecule has 0 radical (unpaired) electrons. The lowest BCUT2D eigenvalue weighted by Crippen LogP contribution is -2.41. The first-order valence-electron chi connectivity index (χ1n) is 5.13. The molecule has 2 rings (SSSR count). The molecule has 2 N–H and O–H groups in total. The fourth-order valence-electron chi connectivity index (χ4n) is 1.64. The normalized spacial score (nSPS) is 14.0. The number of nitrogens with two attached hydrogens (primary N) is 1. The van der Waals surface area contributed by atoms with Crippen LogP contribution in [0.15, 0.2) is 12.1 Å². The summed E-state index contributed by atoms with van der Waals surface area (Å²) in [6, 6.07) is 3.51. The predicted molar refractivity (Wildman–Crippen MR) is 59.9 cm³/mol. The number of carbonyl (C=O) groups excluding carboxylic acids is 1. The number of hydrogen-bond donors (Lipinski definition) is 1. The maximum Gasteiger partial charge on any atom is 0.231 e. The summed E-state index contributed by atoms with van der Waals surface area (Å²) in [4.78, 5) is 12.1. The summed E-state index contributed by atoms with van der Waals surface area (Å²) in [5.74, 6) is 1.20. The summed E-state index contributed by atoms with van der Waals surface area (Å²) in [7, 11) is 0. The van der Waals surface area contributed by atoms with Gasteiger partial charge in [-0.15, -0.1) is 0 Å². The van der Waals surface area contributed by atoms with Gasteiger partial charge in [-0.05, 0) is 38.5 Å². The van der Waals surface area contributed by atoms with Crippen molar-refractivity contribution in [2.75, 3.05) is 6.79 Å². The van der Waals surface area contributed by atoms with E-state index in [9.17, 15) is 4.79 Å². The van der Waals surface area contributed by atoms with E-state index in [1.807, 2.05) is 6.92 Å². The highest BCUT2D eigenvalue weighted by atomic mass is 16.7. The van der Waals surface area contributed by atoms with Crippen LogP contribution < -0.4 is 15.2 Å². The Morgan fingerprint density at radius 1 is 1.31 bits per heavy atom. The minimum atomic E-state index is -0.877. The molecular weight excluding hydrogens is 206 g/mol. The van der Waals surface area contributed by atoms with Crippen LogP contribution in [0.4, 0.5) is 0 Å². The molecule has 0 saturated heterocycles. The third-order valence-corrected chi connectivity index (χ3v) is 2.55. The van der Waals surface area contributed by atoms with Crippen LogP contribution in [-0.2, 0) is 0 Å². The molecule has 1 aromatic carbocycles. The van der Waals surface area contributed by atoms with E-state index in [0.717, 1.165) is 5.56 Å². The highest BCUT2D eigenvalue weighted by molar-refractivity contribution is 6.04. The van der Waals surface area contributed by atoms with Gasteiger partial charge >= 0.3 is 0 Å². The largest absolute Gasteiger partial charge is 0.454 e. The van der Waals surface area contributed by atoms with Crippen molar-refractivity contribution in [1.29, 1.82) is 0 Å². The van der Waals surface area contributed by atoms with Crippen LogP contribution in [0.3, 0.4) is 0 Å². The van der Waals surface area contributed by atoms with Crippen LogP contribution >= 0.6 is 0 Å². The molecule has 1 aromatic rings. The predicted octanol–water partition coefficient (Wildman–Crippen LogP) is 1.64. The first-order valence-corrected chi connectivity index (χ1v) is 5.13. The van der Waals surface area contributed by atoms with Crippen LogP contribution in [-0.4, -0.2) is 18.1 Å². The Hall–Kier alpha value is -1.55. The number of ketones is 1. The molecule has 1 heterocycles. The molecule has 0 saturated carbocycles. The van der Waals surface area contributed by atoms with Crippen molar-refractivity contribution >= 4 is 5.78 Å². The lowest BCUT2D eigenvalue weighted by atomic mass is 9.91. The van der Waals surface area contributed by atoms with Gasteiger partial charge in [0.15, 0.2) is 17.3 Å². The summed E-state index contributed by atoms with van der Waals surface area (Å²) in [5.41, 5.74) is 6.38. The summed E-state index contributed by atoms with van der Waals surface area (Å²) >= 11 is 0. The molecule has 16 heavy (non-hydrogen) atoms. The van der Waals surface area contributed by atoms with E-state index < -0.39 is 5.54 Å². The average molecular weight is 221 g/mol. The van der Waals surface area contributed by atoms with E-state index in [1.165, 1.54) is 0 Å². The fraction of sp³-hybridized carbons (Fsp3) is 0.417. The smallest absolute Gasteiger partial charge is 0.231 e. The Balaban J connectivity index is 2.47. The van der Waals surface area contributed by atoms with Crippen molar-refractivity contribution in [2.45, 2.75) is 26.3 Å². The molecule has 0 atom stereocenters.